The summed E-state index contributed by atoms with van der Waals surface area (Å²) in [6.07, 6.45) is 1.60. The maximum atomic E-state index is 11.9. The van der Waals surface area contributed by atoms with Crippen molar-refractivity contribution in [3.8, 4) is 0 Å². The molecule has 2 N–H and O–H groups in total. The van der Waals surface area contributed by atoms with Gasteiger partial charge in [0.1, 0.15) is 0 Å². The second-order valence-corrected chi connectivity index (χ2v) is 4.74. The molecule has 2 heteroatoms. The van der Waals surface area contributed by atoms with Crippen molar-refractivity contribution in [3.63, 3.8) is 0 Å². The Morgan fingerprint density at radius 1 is 1.25 bits per heavy atom. The van der Waals surface area contributed by atoms with Gasteiger partial charge in [0.05, 0.1) is 0 Å². The summed E-state index contributed by atoms with van der Waals surface area (Å²) in [5.74, 6) is 0.196. The zero-order valence-corrected chi connectivity index (χ0v) is 9.71. The summed E-state index contributed by atoms with van der Waals surface area (Å²) >= 11 is 0. The number of carbonyl (C=O) groups is 1. The average molecular weight is 221 g/mol. The van der Waals surface area contributed by atoms with Crippen molar-refractivity contribution < 1.29 is 4.79 Å². The van der Waals surface area contributed by atoms with Gasteiger partial charge in [0, 0.05) is 17.7 Å². The molecule has 1 aromatic carbocycles. The third-order valence-corrected chi connectivity index (χ3v) is 2.83. The van der Waals surface area contributed by atoms with Crippen LogP contribution in [0.2, 0.25) is 0 Å². The number of nitrogen functional groups attached to an aromatic ring is 1. The van der Waals surface area contributed by atoms with Gasteiger partial charge in [-0.15, -0.1) is 0 Å². The molecule has 0 unspecified atom stereocenters. The van der Waals surface area contributed by atoms with E-state index in [1.165, 1.54) is 0 Å². The Bertz CT molecular complexity index is 338. The molecule has 0 saturated heterocycles. The maximum Gasteiger partial charge on any atom is 0.163 e. The smallest absolute Gasteiger partial charge is 0.163 e. The van der Waals surface area contributed by atoms with Crippen LogP contribution in [-0.4, -0.2) is 5.78 Å². The molecule has 0 aromatic heterocycles. The Kier molecular flexibility index (Phi) is 5.22. The zero-order valence-electron chi connectivity index (χ0n) is 9.71. The van der Waals surface area contributed by atoms with Gasteiger partial charge in [-0.25, -0.2) is 0 Å². The Hall–Kier alpha value is -1.31. The molecule has 0 aliphatic carbocycles. The minimum absolute atomic E-state index is 0. The van der Waals surface area contributed by atoms with E-state index < -0.39 is 0 Å². The Balaban J connectivity index is 0.00000225. The molecule has 0 aliphatic heterocycles. The summed E-state index contributed by atoms with van der Waals surface area (Å²) in [6, 6.07) is 7.13. The lowest BCUT2D eigenvalue weighted by molar-refractivity contribution is 0.0928. The SMILES string of the molecule is C.CCC(C)(C)CC(=O)c1ccc(N)cc1. The summed E-state index contributed by atoms with van der Waals surface area (Å²) < 4.78 is 0. The monoisotopic (exact) mass is 221 g/mol. The van der Waals surface area contributed by atoms with Crippen LogP contribution >= 0.6 is 0 Å². The molecule has 90 valence electrons. The third kappa shape index (κ3) is 4.05. The van der Waals surface area contributed by atoms with Crippen LogP contribution in [0.3, 0.4) is 0 Å². The second-order valence-electron chi connectivity index (χ2n) is 4.74. The van der Waals surface area contributed by atoms with Crippen LogP contribution in [0.15, 0.2) is 24.3 Å². The number of nitrogens with two attached hydrogens (primary N) is 1. The molecule has 16 heavy (non-hydrogen) atoms. The quantitative estimate of drug-likeness (QED) is 0.618. The molecule has 0 bridgehead atoms. The highest BCUT2D eigenvalue weighted by molar-refractivity contribution is 5.96. The van der Waals surface area contributed by atoms with Crippen molar-refractivity contribution >= 4 is 11.5 Å². The first-order valence-corrected chi connectivity index (χ1v) is 5.33. The molecule has 0 spiro atoms. The van der Waals surface area contributed by atoms with Gasteiger partial charge in [0.15, 0.2) is 5.78 Å². The van der Waals surface area contributed by atoms with Crippen molar-refractivity contribution in [2.24, 2.45) is 5.41 Å². The third-order valence-electron chi connectivity index (χ3n) is 2.83. The molecule has 0 amide bonds. The number of hydrogen-bond acceptors (Lipinski definition) is 2. The summed E-state index contributed by atoms with van der Waals surface area (Å²) in [7, 11) is 0. The van der Waals surface area contributed by atoms with E-state index in [4.69, 9.17) is 5.73 Å². The van der Waals surface area contributed by atoms with Crippen LogP contribution in [0.4, 0.5) is 5.69 Å². The van der Waals surface area contributed by atoms with Gasteiger partial charge >= 0.3 is 0 Å². The lowest BCUT2D eigenvalue weighted by Crippen LogP contribution is -2.16. The van der Waals surface area contributed by atoms with Gasteiger partial charge in [-0.1, -0.05) is 34.6 Å². The Labute approximate surface area is 98.9 Å². The lowest BCUT2D eigenvalue weighted by Gasteiger charge is -2.21. The summed E-state index contributed by atoms with van der Waals surface area (Å²) in [5.41, 5.74) is 7.10. The molecule has 0 heterocycles. The van der Waals surface area contributed by atoms with E-state index in [9.17, 15) is 4.79 Å². The standard InChI is InChI=1S/C13H19NO.CH4/c1-4-13(2,3)9-12(15)10-5-7-11(14)8-6-10;/h5-8H,4,9,14H2,1-3H3;1H4. The number of anilines is 1. The topological polar surface area (TPSA) is 43.1 Å². The first-order chi connectivity index (χ1) is 6.94. The van der Waals surface area contributed by atoms with Crippen molar-refractivity contribution in [3.05, 3.63) is 29.8 Å². The highest BCUT2D eigenvalue weighted by atomic mass is 16.1. The number of benzene rings is 1. The van der Waals surface area contributed by atoms with E-state index in [0.717, 1.165) is 12.0 Å². The molecule has 0 fully saturated rings. The van der Waals surface area contributed by atoms with Crippen molar-refractivity contribution in [2.75, 3.05) is 5.73 Å². The molecule has 1 aromatic rings. The van der Waals surface area contributed by atoms with Crippen molar-refractivity contribution in [1.82, 2.24) is 0 Å². The van der Waals surface area contributed by atoms with Gasteiger partial charge in [0.25, 0.3) is 0 Å². The second kappa shape index (κ2) is 5.69. The van der Waals surface area contributed by atoms with E-state index in [1.54, 1.807) is 24.3 Å². The van der Waals surface area contributed by atoms with Crippen molar-refractivity contribution in [2.45, 2.75) is 41.0 Å². The predicted octanol–water partition coefficient (Wildman–Crippen LogP) is 3.91. The number of hydrogen-bond donors (Lipinski definition) is 1. The van der Waals surface area contributed by atoms with Crippen LogP contribution < -0.4 is 5.73 Å². The highest BCUT2D eigenvalue weighted by Crippen LogP contribution is 2.26. The molecule has 0 saturated carbocycles. The molecule has 0 radical (unpaired) electrons. The molecule has 0 aliphatic rings. The normalized spacial score (nSPS) is 10.7. The Morgan fingerprint density at radius 2 is 1.75 bits per heavy atom. The maximum absolute atomic E-state index is 11.9. The van der Waals surface area contributed by atoms with Crippen molar-refractivity contribution in [1.29, 1.82) is 0 Å². The van der Waals surface area contributed by atoms with Crippen LogP contribution in [0.5, 0.6) is 0 Å². The molecule has 2 nitrogen and oxygen atoms in total. The average Bonchev–Trinajstić information content (AvgIpc) is 2.18. The minimum Gasteiger partial charge on any atom is -0.399 e. The first kappa shape index (κ1) is 14.7. The van der Waals surface area contributed by atoms with Gasteiger partial charge in [0.2, 0.25) is 0 Å². The zero-order chi connectivity index (χ0) is 11.5. The van der Waals surface area contributed by atoms with E-state index in [-0.39, 0.29) is 18.6 Å². The van der Waals surface area contributed by atoms with E-state index in [1.807, 2.05) is 0 Å². The lowest BCUT2D eigenvalue weighted by atomic mass is 9.83. The van der Waals surface area contributed by atoms with Gasteiger partial charge in [-0.3, -0.25) is 4.79 Å². The summed E-state index contributed by atoms with van der Waals surface area (Å²) in [4.78, 5) is 11.9. The predicted molar refractivity (Wildman–Crippen MR) is 70.6 cm³/mol. The number of rotatable bonds is 4. The molecule has 0 atom stereocenters. The summed E-state index contributed by atoms with van der Waals surface area (Å²) in [5, 5.41) is 0. The first-order valence-electron chi connectivity index (χ1n) is 5.33. The van der Waals surface area contributed by atoms with E-state index in [0.29, 0.717) is 12.1 Å². The van der Waals surface area contributed by atoms with E-state index in [2.05, 4.69) is 20.8 Å². The number of ketones is 1. The van der Waals surface area contributed by atoms with Crippen LogP contribution in [0, 0.1) is 5.41 Å². The summed E-state index contributed by atoms with van der Waals surface area (Å²) in [6.45, 7) is 6.33. The molecular weight excluding hydrogens is 198 g/mol. The number of carbonyl (C=O) groups excluding carboxylic acids is 1. The largest absolute Gasteiger partial charge is 0.399 e. The highest BCUT2D eigenvalue weighted by Gasteiger charge is 2.20. The molecule has 1 rings (SSSR count). The van der Waals surface area contributed by atoms with Gasteiger partial charge < -0.3 is 5.73 Å². The van der Waals surface area contributed by atoms with Gasteiger partial charge in [-0.2, -0.15) is 0 Å². The van der Waals surface area contributed by atoms with Crippen LogP contribution in [-0.2, 0) is 0 Å². The fourth-order valence-corrected chi connectivity index (χ4v) is 1.33. The van der Waals surface area contributed by atoms with Gasteiger partial charge in [-0.05, 0) is 29.7 Å². The minimum atomic E-state index is 0. The fourth-order valence-electron chi connectivity index (χ4n) is 1.33. The fraction of sp³-hybridized carbons (Fsp3) is 0.500. The Morgan fingerprint density at radius 3 is 2.19 bits per heavy atom. The number of Topliss-reactive ketones (excluding diaryl/α,β-unsaturated/α-hetero) is 1. The van der Waals surface area contributed by atoms with Crippen LogP contribution in [0.1, 0.15) is 51.4 Å². The van der Waals surface area contributed by atoms with E-state index >= 15 is 0 Å². The van der Waals surface area contributed by atoms with Crippen LogP contribution in [0.25, 0.3) is 0 Å². The molecular formula is C14H23NO.